The van der Waals surface area contributed by atoms with E-state index in [1.54, 1.807) is 0 Å². The number of hydrogen-bond donors (Lipinski definition) is 1. The summed E-state index contributed by atoms with van der Waals surface area (Å²) < 4.78 is 0.415. The Kier molecular flexibility index (Phi) is 3.96. The molecular weight excluding hydrogens is 220 g/mol. The number of carboxylic acid groups (broad SMARTS) is 1. The smallest absolute Gasteiger partial charge is 0.338 e. The summed E-state index contributed by atoms with van der Waals surface area (Å²) in [7, 11) is 0. The molecule has 1 aromatic heterocycles. The summed E-state index contributed by atoms with van der Waals surface area (Å²) in [6, 6.07) is 0. The van der Waals surface area contributed by atoms with Gasteiger partial charge in [0.25, 0.3) is 0 Å². The largest absolute Gasteiger partial charge is 0.478 e. The maximum Gasteiger partial charge on any atom is 0.338 e. The van der Waals surface area contributed by atoms with Crippen LogP contribution in [0.2, 0.25) is 4.34 Å². The maximum atomic E-state index is 11.0. The van der Waals surface area contributed by atoms with Crippen molar-refractivity contribution in [3.8, 4) is 0 Å². The first-order valence-electron chi connectivity index (χ1n) is 4.65. The van der Waals surface area contributed by atoms with Gasteiger partial charge in [0.05, 0.1) is 5.56 Å². The zero-order valence-electron chi connectivity index (χ0n) is 8.26. The summed E-state index contributed by atoms with van der Waals surface area (Å²) >= 11 is 7.29. The van der Waals surface area contributed by atoms with Gasteiger partial charge in [-0.25, -0.2) is 4.79 Å². The predicted octanol–water partition coefficient (Wildman–Crippen LogP) is 3.61. The minimum absolute atomic E-state index is 0.315. The predicted molar refractivity (Wildman–Crippen MR) is 59.7 cm³/mol. The molecule has 0 fully saturated rings. The van der Waals surface area contributed by atoms with Crippen molar-refractivity contribution in [2.45, 2.75) is 33.1 Å². The zero-order valence-corrected chi connectivity index (χ0v) is 9.84. The molecule has 1 rings (SSSR count). The minimum Gasteiger partial charge on any atom is -0.478 e. The van der Waals surface area contributed by atoms with Crippen LogP contribution in [0.15, 0.2) is 0 Å². The van der Waals surface area contributed by atoms with Crippen molar-refractivity contribution in [1.29, 1.82) is 0 Å². The highest BCUT2D eigenvalue weighted by Crippen LogP contribution is 2.34. The Hall–Kier alpha value is -0.540. The molecule has 78 valence electrons. The third-order valence-corrected chi connectivity index (χ3v) is 3.67. The second kappa shape index (κ2) is 4.80. The topological polar surface area (TPSA) is 37.3 Å². The number of halogens is 1. The van der Waals surface area contributed by atoms with Crippen molar-refractivity contribution in [2.75, 3.05) is 0 Å². The normalized spacial score (nSPS) is 10.5. The van der Waals surface area contributed by atoms with E-state index in [2.05, 4.69) is 0 Å². The lowest BCUT2D eigenvalue weighted by atomic mass is 10.1. The van der Waals surface area contributed by atoms with E-state index in [0.29, 0.717) is 9.90 Å². The monoisotopic (exact) mass is 232 g/mol. The SMILES string of the molecule is CCCc1c(CC)sc(Cl)c1C(=O)O. The third kappa shape index (κ3) is 2.10. The van der Waals surface area contributed by atoms with E-state index in [1.807, 2.05) is 13.8 Å². The van der Waals surface area contributed by atoms with Crippen molar-refractivity contribution in [3.63, 3.8) is 0 Å². The van der Waals surface area contributed by atoms with Crippen LogP contribution in [0.4, 0.5) is 0 Å². The number of thiophene rings is 1. The average molecular weight is 233 g/mol. The van der Waals surface area contributed by atoms with Gasteiger partial charge in [-0.3, -0.25) is 0 Å². The molecule has 0 amide bonds. The fourth-order valence-corrected chi connectivity index (χ4v) is 2.97. The lowest BCUT2D eigenvalue weighted by molar-refractivity contribution is 0.0696. The summed E-state index contributed by atoms with van der Waals surface area (Å²) in [5, 5.41) is 9.00. The van der Waals surface area contributed by atoms with Crippen LogP contribution in [0.5, 0.6) is 0 Å². The molecule has 0 aliphatic rings. The fourth-order valence-electron chi connectivity index (χ4n) is 1.49. The molecule has 1 heterocycles. The van der Waals surface area contributed by atoms with E-state index < -0.39 is 5.97 Å². The first kappa shape index (κ1) is 11.5. The third-order valence-electron chi connectivity index (χ3n) is 2.08. The number of hydrogen-bond acceptors (Lipinski definition) is 2. The Morgan fingerprint density at radius 3 is 2.57 bits per heavy atom. The molecule has 0 aliphatic carbocycles. The second-order valence-corrected chi connectivity index (χ2v) is 4.77. The summed E-state index contributed by atoms with van der Waals surface area (Å²) in [6.45, 7) is 4.06. The second-order valence-electron chi connectivity index (χ2n) is 3.06. The van der Waals surface area contributed by atoms with Crippen LogP contribution < -0.4 is 0 Å². The first-order valence-corrected chi connectivity index (χ1v) is 5.84. The zero-order chi connectivity index (χ0) is 10.7. The number of aromatic carboxylic acids is 1. The van der Waals surface area contributed by atoms with Gasteiger partial charge in [0.1, 0.15) is 4.34 Å². The van der Waals surface area contributed by atoms with Gasteiger partial charge in [-0.15, -0.1) is 11.3 Å². The molecule has 0 saturated carbocycles. The molecule has 0 saturated heterocycles. The van der Waals surface area contributed by atoms with E-state index in [-0.39, 0.29) is 0 Å². The van der Waals surface area contributed by atoms with Crippen LogP contribution in [0.3, 0.4) is 0 Å². The quantitative estimate of drug-likeness (QED) is 0.861. The highest BCUT2D eigenvalue weighted by Gasteiger charge is 2.20. The Labute approximate surface area is 92.5 Å². The highest BCUT2D eigenvalue weighted by molar-refractivity contribution is 7.16. The van der Waals surface area contributed by atoms with Gasteiger partial charge in [0.2, 0.25) is 0 Å². The fraction of sp³-hybridized carbons (Fsp3) is 0.500. The lowest BCUT2D eigenvalue weighted by Crippen LogP contribution is -2.01. The molecule has 0 atom stereocenters. The van der Waals surface area contributed by atoms with Crippen molar-refractivity contribution >= 4 is 28.9 Å². The Morgan fingerprint density at radius 1 is 1.50 bits per heavy atom. The van der Waals surface area contributed by atoms with Crippen LogP contribution in [0.1, 0.15) is 41.1 Å². The lowest BCUT2D eigenvalue weighted by Gasteiger charge is -2.01. The molecule has 0 radical (unpaired) electrons. The van der Waals surface area contributed by atoms with E-state index in [9.17, 15) is 4.79 Å². The molecule has 2 nitrogen and oxygen atoms in total. The van der Waals surface area contributed by atoms with E-state index in [1.165, 1.54) is 11.3 Å². The standard InChI is InChI=1S/C10H13ClO2S/c1-3-5-6-7(4-2)14-9(11)8(6)10(12)13/h3-5H2,1-2H3,(H,12,13). The molecule has 4 heteroatoms. The Balaban J connectivity index is 3.23. The van der Waals surface area contributed by atoms with E-state index >= 15 is 0 Å². The molecule has 0 aromatic carbocycles. The Bertz CT molecular complexity index is 344. The van der Waals surface area contributed by atoms with E-state index in [0.717, 1.165) is 29.7 Å². The molecule has 0 bridgehead atoms. The highest BCUT2D eigenvalue weighted by atomic mass is 35.5. The van der Waals surface area contributed by atoms with Gasteiger partial charge in [0, 0.05) is 4.88 Å². The van der Waals surface area contributed by atoms with Crippen molar-refractivity contribution in [1.82, 2.24) is 0 Å². The van der Waals surface area contributed by atoms with Gasteiger partial charge in [-0.2, -0.15) is 0 Å². The van der Waals surface area contributed by atoms with Gasteiger partial charge in [-0.05, 0) is 18.4 Å². The van der Waals surface area contributed by atoms with Crippen LogP contribution in [0, 0.1) is 0 Å². The average Bonchev–Trinajstić information content (AvgIpc) is 2.43. The summed E-state index contributed by atoms with van der Waals surface area (Å²) in [4.78, 5) is 12.1. The molecular formula is C10H13ClO2S. The van der Waals surface area contributed by atoms with Crippen molar-refractivity contribution < 1.29 is 9.90 Å². The van der Waals surface area contributed by atoms with Gasteiger partial charge in [-0.1, -0.05) is 31.9 Å². The summed E-state index contributed by atoms with van der Waals surface area (Å²) in [5.74, 6) is -0.908. The van der Waals surface area contributed by atoms with Crippen LogP contribution in [-0.2, 0) is 12.8 Å². The molecule has 0 aliphatic heterocycles. The van der Waals surface area contributed by atoms with E-state index in [4.69, 9.17) is 16.7 Å². The van der Waals surface area contributed by atoms with Gasteiger partial charge in [0.15, 0.2) is 0 Å². The first-order chi connectivity index (χ1) is 6.61. The summed E-state index contributed by atoms with van der Waals surface area (Å²) in [5.41, 5.74) is 1.24. The molecule has 0 unspecified atom stereocenters. The number of carbonyl (C=O) groups is 1. The minimum atomic E-state index is -0.908. The maximum absolute atomic E-state index is 11.0. The molecule has 14 heavy (non-hydrogen) atoms. The van der Waals surface area contributed by atoms with Gasteiger partial charge >= 0.3 is 5.97 Å². The Morgan fingerprint density at radius 2 is 2.14 bits per heavy atom. The van der Waals surface area contributed by atoms with Crippen molar-refractivity contribution in [2.24, 2.45) is 0 Å². The van der Waals surface area contributed by atoms with Crippen LogP contribution in [-0.4, -0.2) is 11.1 Å². The molecule has 1 aromatic rings. The van der Waals surface area contributed by atoms with Gasteiger partial charge < -0.3 is 5.11 Å². The number of carboxylic acids is 1. The van der Waals surface area contributed by atoms with Crippen LogP contribution in [0.25, 0.3) is 0 Å². The number of rotatable bonds is 4. The van der Waals surface area contributed by atoms with Crippen LogP contribution >= 0.6 is 22.9 Å². The molecule has 0 spiro atoms. The number of aryl methyl sites for hydroxylation is 1. The molecule has 1 N–H and O–H groups in total. The summed E-state index contributed by atoms with van der Waals surface area (Å²) in [6.07, 6.45) is 2.60. The van der Waals surface area contributed by atoms with Crippen molar-refractivity contribution in [3.05, 3.63) is 20.3 Å².